The van der Waals surface area contributed by atoms with Crippen LogP contribution in [0.15, 0.2) is 12.7 Å². The Morgan fingerprint density at radius 3 is 2.54 bits per heavy atom. The molecule has 0 aliphatic carbocycles. The highest BCUT2D eigenvalue weighted by Crippen LogP contribution is 2.51. The van der Waals surface area contributed by atoms with Crippen LogP contribution in [0.4, 0.5) is 8.78 Å². The van der Waals surface area contributed by atoms with Crippen LogP contribution in [0.5, 0.6) is 0 Å². The minimum absolute atomic E-state index is 0.834. The van der Waals surface area contributed by atoms with Crippen molar-refractivity contribution in [1.29, 1.82) is 0 Å². The Morgan fingerprint density at radius 2 is 1.96 bits per heavy atom. The van der Waals surface area contributed by atoms with Crippen LogP contribution in [0.1, 0.15) is 0 Å². The van der Waals surface area contributed by atoms with Crippen molar-refractivity contribution in [3.05, 3.63) is 12.7 Å². The molecular formula is C13H12F2O10S. The molecule has 3 rings (SSSR count). The van der Waals surface area contributed by atoms with E-state index < -0.39 is 76.1 Å². The second-order valence-electron chi connectivity index (χ2n) is 5.84. The maximum atomic E-state index is 13.2. The number of hydrogen-bond donors (Lipinski definition) is 1. The Bertz CT molecular complexity index is 778. The summed E-state index contributed by atoms with van der Waals surface area (Å²) in [6, 6.07) is 0. The van der Waals surface area contributed by atoms with Gasteiger partial charge in [-0.3, -0.25) is 14.1 Å². The maximum absolute atomic E-state index is 13.2. The molecule has 3 aliphatic rings. The molecule has 3 aliphatic heterocycles. The lowest BCUT2D eigenvalue weighted by Crippen LogP contribution is -2.48. The monoisotopic (exact) mass is 398 g/mol. The number of halogens is 2. The van der Waals surface area contributed by atoms with Gasteiger partial charge >= 0.3 is 33.3 Å². The molecule has 2 bridgehead atoms. The molecule has 0 aromatic rings. The van der Waals surface area contributed by atoms with Gasteiger partial charge in [0, 0.05) is 6.08 Å². The first-order valence-corrected chi connectivity index (χ1v) is 8.62. The Morgan fingerprint density at radius 1 is 1.31 bits per heavy atom. The van der Waals surface area contributed by atoms with Crippen LogP contribution in [-0.2, 0) is 43.4 Å². The molecule has 0 amide bonds. The average molecular weight is 398 g/mol. The predicted octanol–water partition coefficient (Wildman–Crippen LogP) is -0.953. The third-order valence-corrected chi connectivity index (χ3v) is 5.23. The number of ether oxygens (including phenoxy) is 4. The number of fused-ring (bicyclic) bond motifs is 1. The molecule has 26 heavy (non-hydrogen) atoms. The topological polar surface area (TPSA) is 142 Å². The van der Waals surface area contributed by atoms with E-state index in [1.165, 1.54) is 0 Å². The molecule has 3 fully saturated rings. The molecule has 0 radical (unpaired) electrons. The van der Waals surface area contributed by atoms with Crippen LogP contribution < -0.4 is 0 Å². The lowest BCUT2D eigenvalue weighted by atomic mass is 9.78. The smallest absolute Gasteiger partial charge is 0.402 e. The molecule has 13 heteroatoms. The summed E-state index contributed by atoms with van der Waals surface area (Å²) < 4.78 is 75.6. The zero-order chi connectivity index (χ0) is 19.4. The summed E-state index contributed by atoms with van der Waals surface area (Å²) in [6.07, 6.45) is -3.43. The van der Waals surface area contributed by atoms with E-state index in [9.17, 15) is 31.6 Å². The molecule has 6 atom stereocenters. The summed E-state index contributed by atoms with van der Waals surface area (Å²) in [4.78, 5) is 35.5. The first kappa shape index (κ1) is 18.7. The zero-order valence-corrected chi connectivity index (χ0v) is 13.6. The molecule has 10 nitrogen and oxygen atoms in total. The van der Waals surface area contributed by atoms with E-state index in [1.54, 1.807) is 0 Å². The van der Waals surface area contributed by atoms with Crippen LogP contribution in [-0.4, -0.2) is 67.2 Å². The highest BCUT2D eigenvalue weighted by molar-refractivity contribution is 7.86. The predicted molar refractivity (Wildman–Crippen MR) is 73.1 cm³/mol. The molecule has 1 N–H and O–H groups in total. The highest BCUT2D eigenvalue weighted by atomic mass is 32.2. The number of carbonyl (C=O) groups is 3. The third kappa shape index (κ3) is 2.75. The van der Waals surface area contributed by atoms with Gasteiger partial charge in [0.05, 0.1) is 0 Å². The van der Waals surface area contributed by atoms with Crippen molar-refractivity contribution >= 4 is 28.0 Å². The van der Waals surface area contributed by atoms with Crippen molar-refractivity contribution in [2.75, 3.05) is 6.61 Å². The van der Waals surface area contributed by atoms with Gasteiger partial charge in [0.25, 0.3) is 0 Å². The van der Waals surface area contributed by atoms with E-state index in [1.807, 2.05) is 0 Å². The number of esters is 3. The maximum Gasteiger partial charge on any atom is 0.402 e. The molecule has 3 saturated heterocycles. The fraction of sp³-hybridized carbons (Fsp3) is 0.615. The average Bonchev–Trinajstić information content (AvgIpc) is 3.14. The van der Waals surface area contributed by atoms with Crippen LogP contribution in [0.25, 0.3) is 0 Å². The largest absolute Gasteiger partial charge is 0.458 e. The lowest BCUT2D eigenvalue weighted by Gasteiger charge is -2.27. The Hall–Kier alpha value is -2.12. The van der Waals surface area contributed by atoms with Crippen LogP contribution in [0.3, 0.4) is 0 Å². The number of rotatable bonds is 6. The van der Waals surface area contributed by atoms with Gasteiger partial charge in [-0.1, -0.05) is 6.58 Å². The summed E-state index contributed by atoms with van der Waals surface area (Å²) in [5.74, 6) is -5.71. The van der Waals surface area contributed by atoms with Crippen molar-refractivity contribution < 1.29 is 55.1 Å². The van der Waals surface area contributed by atoms with E-state index in [0.29, 0.717) is 0 Å². The lowest BCUT2D eigenvalue weighted by molar-refractivity contribution is -0.163. The van der Waals surface area contributed by atoms with Gasteiger partial charge in [-0.15, -0.1) is 0 Å². The van der Waals surface area contributed by atoms with Gasteiger partial charge in [0.15, 0.2) is 18.8 Å². The molecule has 0 saturated carbocycles. The van der Waals surface area contributed by atoms with E-state index in [0.717, 1.165) is 6.08 Å². The minimum atomic E-state index is -5.80. The summed E-state index contributed by atoms with van der Waals surface area (Å²) in [5.41, 5.74) is 0. The van der Waals surface area contributed by atoms with Crippen molar-refractivity contribution in [2.45, 2.75) is 29.7 Å². The normalized spacial score (nSPS) is 35.1. The summed E-state index contributed by atoms with van der Waals surface area (Å²) in [5, 5.41) is -4.73. The fourth-order valence-corrected chi connectivity index (χ4v) is 3.46. The zero-order valence-electron chi connectivity index (χ0n) is 12.7. The van der Waals surface area contributed by atoms with Gasteiger partial charge < -0.3 is 18.9 Å². The molecule has 144 valence electrons. The van der Waals surface area contributed by atoms with Gasteiger partial charge in [0.1, 0.15) is 24.0 Å². The molecule has 0 aromatic carbocycles. The Balaban J connectivity index is 1.77. The van der Waals surface area contributed by atoms with E-state index >= 15 is 0 Å². The van der Waals surface area contributed by atoms with Crippen molar-refractivity contribution in [3.63, 3.8) is 0 Å². The van der Waals surface area contributed by atoms with Crippen molar-refractivity contribution in [3.8, 4) is 0 Å². The van der Waals surface area contributed by atoms with Crippen LogP contribution in [0, 0.1) is 11.8 Å². The number of hydrogen-bond acceptors (Lipinski definition) is 9. The second kappa shape index (κ2) is 5.96. The second-order valence-corrected chi connectivity index (χ2v) is 7.39. The van der Waals surface area contributed by atoms with Crippen LogP contribution in [0.2, 0.25) is 0 Å². The standard InChI is InChI=1S/C13H12F2O10S/c1-2-4(16)23-9-7-5(6-8(24-7)10(9)25-12(6)18)11(17)22-3-13(14,15)26(19,20)21/h2,5-10H,1,3H2,(H,19,20,21). The Labute approximate surface area is 144 Å². The van der Waals surface area contributed by atoms with E-state index in [-0.39, 0.29) is 0 Å². The molecule has 3 heterocycles. The first-order valence-electron chi connectivity index (χ1n) is 7.18. The first-order chi connectivity index (χ1) is 12.0. The van der Waals surface area contributed by atoms with Gasteiger partial charge in [-0.05, 0) is 0 Å². The molecule has 0 aromatic heterocycles. The Kier molecular flexibility index (Phi) is 4.28. The van der Waals surface area contributed by atoms with Crippen LogP contribution >= 0.6 is 0 Å². The van der Waals surface area contributed by atoms with E-state index in [4.69, 9.17) is 18.8 Å². The number of alkyl halides is 2. The molecule has 6 unspecified atom stereocenters. The highest BCUT2D eigenvalue weighted by Gasteiger charge is 2.72. The van der Waals surface area contributed by atoms with Crippen molar-refractivity contribution in [2.24, 2.45) is 11.8 Å². The third-order valence-electron chi connectivity index (χ3n) is 4.36. The minimum Gasteiger partial charge on any atom is -0.458 e. The van der Waals surface area contributed by atoms with Crippen molar-refractivity contribution in [1.82, 2.24) is 0 Å². The summed E-state index contributed by atoms with van der Waals surface area (Å²) in [6.45, 7) is 1.24. The summed E-state index contributed by atoms with van der Waals surface area (Å²) >= 11 is 0. The van der Waals surface area contributed by atoms with Gasteiger partial charge in [-0.25, -0.2) is 4.79 Å². The van der Waals surface area contributed by atoms with Gasteiger partial charge in [0.2, 0.25) is 0 Å². The number of carbonyl (C=O) groups excluding carboxylic acids is 3. The van der Waals surface area contributed by atoms with Gasteiger partial charge in [-0.2, -0.15) is 17.2 Å². The molecule has 0 spiro atoms. The summed E-state index contributed by atoms with van der Waals surface area (Å²) in [7, 11) is -5.80. The fourth-order valence-electron chi connectivity index (χ4n) is 3.25. The van der Waals surface area contributed by atoms with E-state index in [2.05, 4.69) is 11.3 Å². The molecular weight excluding hydrogens is 386 g/mol. The SMILES string of the molecule is C=CC(=O)OC1C2OC(=O)C3C2OC1C3C(=O)OCC(F)(F)S(=O)(=O)O. The quantitative estimate of drug-likeness (QED) is 0.257.